The predicted octanol–water partition coefficient (Wildman–Crippen LogP) is 5.76. The van der Waals surface area contributed by atoms with E-state index in [9.17, 15) is 13.2 Å². The molecule has 0 bridgehead atoms. The number of amides is 1. The summed E-state index contributed by atoms with van der Waals surface area (Å²) in [6, 6.07) is 7.84. The van der Waals surface area contributed by atoms with Crippen LogP contribution >= 0.6 is 0 Å². The van der Waals surface area contributed by atoms with Gasteiger partial charge in [0, 0.05) is 37.1 Å². The Balaban J connectivity index is 0.897. The van der Waals surface area contributed by atoms with Crippen LogP contribution in [0.15, 0.2) is 36.8 Å². The van der Waals surface area contributed by atoms with Crippen LogP contribution in [0.3, 0.4) is 0 Å². The minimum Gasteiger partial charge on any atom is -0.451 e. The molecule has 2 saturated heterocycles. The van der Waals surface area contributed by atoms with Crippen molar-refractivity contribution < 1.29 is 17.9 Å². The lowest BCUT2D eigenvalue weighted by atomic mass is 9.71. The Kier molecular flexibility index (Phi) is 10.3. The molecule has 1 aromatic carbocycles. The van der Waals surface area contributed by atoms with Gasteiger partial charge in [-0.3, -0.25) is 4.79 Å². The number of para-hydroxylation sites is 1. The van der Waals surface area contributed by atoms with E-state index in [1.165, 1.54) is 57.6 Å². The van der Waals surface area contributed by atoms with E-state index in [1.807, 2.05) is 24.3 Å². The Hall–Kier alpha value is -2.76. The molecule has 3 saturated carbocycles. The lowest BCUT2D eigenvalue weighted by Gasteiger charge is -2.54. The maximum absolute atomic E-state index is 13.5. The van der Waals surface area contributed by atoms with Crippen LogP contribution in [0.5, 0.6) is 11.5 Å². The number of rotatable bonds is 10. The Bertz CT molecular complexity index is 1500. The van der Waals surface area contributed by atoms with Gasteiger partial charge in [0.25, 0.3) is 5.91 Å². The molecule has 2 aromatic rings. The molecule has 0 atom stereocenters. The number of hydrogen-bond donors (Lipinski definition) is 2. The SMILES string of the molecule is CS(=O)(=O)NC1CCC(CN2CCC3(CC2)CN(c2ncncc2Oc2ccccc2C(=O)NC2CCC(C4CCCC4)CC2)C3)CC1. The summed E-state index contributed by atoms with van der Waals surface area (Å²) in [5, 5.41) is 3.32. The van der Waals surface area contributed by atoms with Gasteiger partial charge in [-0.05, 0) is 107 Å². The average Bonchev–Trinajstić information content (AvgIpc) is 3.61. The smallest absolute Gasteiger partial charge is 0.255 e. The Morgan fingerprint density at radius 2 is 1.56 bits per heavy atom. The highest BCUT2D eigenvalue weighted by Crippen LogP contribution is 2.45. The van der Waals surface area contributed by atoms with Crippen LogP contribution < -0.4 is 19.7 Å². The zero-order valence-corrected chi connectivity index (χ0v) is 29.4. The number of carbonyl (C=O) groups is 1. The molecule has 11 heteroatoms. The summed E-state index contributed by atoms with van der Waals surface area (Å²) in [7, 11) is -3.13. The molecule has 10 nitrogen and oxygen atoms in total. The molecular weight excluding hydrogens is 625 g/mol. The van der Waals surface area contributed by atoms with Crippen molar-refractivity contribution in [3.63, 3.8) is 0 Å². The minimum atomic E-state index is -3.13. The van der Waals surface area contributed by atoms with E-state index in [1.54, 1.807) is 12.5 Å². The van der Waals surface area contributed by atoms with E-state index < -0.39 is 10.0 Å². The maximum Gasteiger partial charge on any atom is 0.255 e. The first-order chi connectivity index (χ1) is 23.2. The van der Waals surface area contributed by atoms with Crippen LogP contribution in [0.2, 0.25) is 0 Å². The highest BCUT2D eigenvalue weighted by atomic mass is 32.2. The van der Waals surface area contributed by atoms with Gasteiger partial charge in [-0.15, -0.1) is 0 Å². The Morgan fingerprint density at radius 3 is 2.27 bits per heavy atom. The van der Waals surface area contributed by atoms with Gasteiger partial charge in [0.05, 0.1) is 18.0 Å². The topological polar surface area (TPSA) is 117 Å². The van der Waals surface area contributed by atoms with Gasteiger partial charge in [0.15, 0.2) is 11.6 Å². The first-order valence-corrected chi connectivity index (χ1v) is 20.4. The number of benzene rings is 1. The summed E-state index contributed by atoms with van der Waals surface area (Å²) < 4.78 is 32.4. The lowest BCUT2D eigenvalue weighted by Crippen LogP contribution is -2.61. The molecule has 1 amide bonds. The van der Waals surface area contributed by atoms with Gasteiger partial charge >= 0.3 is 0 Å². The van der Waals surface area contributed by atoms with Gasteiger partial charge in [0.1, 0.15) is 12.1 Å². The summed E-state index contributed by atoms with van der Waals surface area (Å²) >= 11 is 0. The number of carbonyl (C=O) groups excluding carboxylic acids is 1. The molecule has 7 rings (SSSR count). The summed E-state index contributed by atoms with van der Waals surface area (Å²) in [5.74, 6) is 4.24. The van der Waals surface area contributed by atoms with Crippen LogP contribution in [0.4, 0.5) is 5.82 Å². The van der Waals surface area contributed by atoms with Gasteiger partial charge in [0.2, 0.25) is 10.0 Å². The summed E-state index contributed by atoms with van der Waals surface area (Å²) in [6.45, 7) is 5.22. The van der Waals surface area contributed by atoms with E-state index in [2.05, 4.69) is 29.8 Å². The van der Waals surface area contributed by atoms with Crippen molar-refractivity contribution in [2.24, 2.45) is 23.2 Å². The second-order valence-electron chi connectivity index (χ2n) is 15.7. The number of piperidine rings is 1. The van der Waals surface area contributed by atoms with Crippen LogP contribution in [-0.2, 0) is 10.0 Å². The monoisotopic (exact) mass is 678 g/mol. The van der Waals surface area contributed by atoms with Gasteiger partial charge < -0.3 is 19.9 Å². The standard InChI is InChI=1S/C37H54N6O4S/c1-48(45,46)41-31-14-10-27(11-15-31)23-42-20-18-37(19-21-42)24-43(25-37)35-34(22-38-26-39-35)47-33-9-5-4-8-32(33)36(44)40-30-16-12-29(13-17-30)28-6-2-3-7-28/h4-5,8-9,22,26-31,41H,2-3,6-7,10-21,23-25H2,1H3,(H,40,44). The van der Waals surface area contributed by atoms with E-state index in [4.69, 9.17) is 4.74 Å². The van der Waals surface area contributed by atoms with Gasteiger partial charge in [-0.1, -0.05) is 37.8 Å². The third-order valence-corrected chi connectivity index (χ3v) is 13.0. The molecule has 2 aliphatic heterocycles. The van der Waals surface area contributed by atoms with Gasteiger partial charge in [-0.25, -0.2) is 23.1 Å². The first-order valence-electron chi connectivity index (χ1n) is 18.5. The van der Waals surface area contributed by atoms with Crippen molar-refractivity contribution in [2.75, 3.05) is 43.9 Å². The molecular formula is C37H54N6O4S. The lowest BCUT2D eigenvalue weighted by molar-refractivity contribution is 0.0618. The Labute approximate surface area is 286 Å². The number of ether oxygens (including phenoxy) is 1. The second kappa shape index (κ2) is 14.6. The fourth-order valence-corrected chi connectivity index (χ4v) is 10.3. The molecule has 1 spiro atoms. The normalized spacial score (nSPS) is 28.2. The zero-order chi connectivity index (χ0) is 33.1. The van der Waals surface area contributed by atoms with Gasteiger partial charge in [-0.2, -0.15) is 0 Å². The number of nitrogens with one attached hydrogen (secondary N) is 2. The van der Waals surface area contributed by atoms with E-state index >= 15 is 0 Å². The maximum atomic E-state index is 13.5. The van der Waals surface area contributed by atoms with E-state index in [0.717, 1.165) is 88.9 Å². The van der Waals surface area contributed by atoms with Crippen molar-refractivity contribution in [1.29, 1.82) is 0 Å². The molecule has 48 heavy (non-hydrogen) atoms. The van der Waals surface area contributed by atoms with Crippen molar-refractivity contribution in [2.45, 2.75) is 102 Å². The van der Waals surface area contributed by atoms with Crippen molar-refractivity contribution in [1.82, 2.24) is 24.9 Å². The fourth-order valence-electron chi connectivity index (χ4n) is 9.48. The number of sulfonamides is 1. The van der Waals surface area contributed by atoms with Crippen LogP contribution in [0.25, 0.3) is 0 Å². The third kappa shape index (κ3) is 8.16. The number of likely N-dealkylation sites (tertiary alicyclic amines) is 1. The minimum absolute atomic E-state index is 0.0680. The highest BCUT2D eigenvalue weighted by molar-refractivity contribution is 7.88. The van der Waals surface area contributed by atoms with Crippen molar-refractivity contribution in [3.05, 3.63) is 42.4 Å². The molecule has 5 aliphatic rings. The number of aromatic nitrogens is 2. The molecule has 2 N–H and O–H groups in total. The van der Waals surface area contributed by atoms with Crippen molar-refractivity contribution in [3.8, 4) is 11.5 Å². The molecule has 5 fully saturated rings. The molecule has 3 heterocycles. The van der Waals surface area contributed by atoms with E-state index in [-0.39, 0.29) is 18.0 Å². The Morgan fingerprint density at radius 1 is 0.896 bits per heavy atom. The summed E-state index contributed by atoms with van der Waals surface area (Å²) in [6.07, 6.45) is 21.1. The molecule has 1 aromatic heterocycles. The van der Waals surface area contributed by atoms with Crippen LogP contribution in [0, 0.1) is 23.2 Å². The first kappa shape index (κ1) is 33.7. The molecule has 262 valence electrons. The van der Waals surface area contributed by atoms with Crippen molar-refractivity contribution >= 4 is 21.7 Å². The molecule has 0 unspecified atom stereocenters. The highest BCUT2D eigenvalue weighted by Gasteiger charge is 2.46. The number of hydrogen-bond acceptors (Lipinski definition) is 8. The summed E-state index contributed by atoms with van der Waals surface area (Å²) in [5.41, 5.74) is 0.850. The van der Waals surface area contributed by atoms with Crippen LogP contribution in [0.1, 0.15) is 100 Å². The van der Waals surface area contributed by atoms with Crippen LogP contribution in [-0.4, -0.2) is 80.3 Å². The summed E-state index contributed by atoms with van der Waals surface area (Å²) in [4.78, 5) is 27.3. The fraction of sp³-hybridized carbons (Fsp3) is 0.703. The third-order valence-electron chi connectivity index (χ3n) is 12.2. The average molecular weight is 679 g/mol. The largest absolute Gasteiger partial charge is 0.451 e. The predicted molar refractivity (Wildman–Crippen MR) is 188 cm³/mol. The second-order valence-corrected chi connectivity index (χ2v) is 17.5. The number of anilines is 1. The molecule has 3 aliphatic carbocycles. The van der Waals surface area contributed by atoms with E-state index in [0.29, 0.717) is 28.4 Å². The molecule has 0 radical (unpaired) electrons. The quantitative estimate of drug-likeness (QED) is 0.326. The zero-order valence-electron chi connectivity index (χ0n) is 28.6. The number of nitrogens with zero attached hydrogens (tertiary/aromatic N) is 4.